The molecule has 0 atom stereocenters. The lowest BCUT2D eigenvalue weighted by molar-refractivity contribution is 0.251. The number of nitrogens with one attached hydrogen (secondary N) is 2. The molecule has 0 radical (unpaired) electrons. The van der Waals surface area contributed by atoms with E-state index in [1.165, 1.54) is 19.3 Å². The minimum atomic E-state index is -0.242. The third-order valence-corrected chi connectivity index (χ3v) is 4.30. The van der Waals surface area contributed by atoms with E-state index >= 15 is 0 Å². The highest BCUT2D eigenvalue weighted by Gasteiger charge is 2.12. The van der Waals surface area contributed by atoms with Crippen molar-refractivity contribution < 1.29 is 4.79 Å². The van der Waals surface area contributed by atoms with Gasteiger partial charge in [0.15, 0.2) is 0 Å². The fraction of sp³-hybridized carbons (Fsp3) is 0.333. The molecule has 126 valence electrons. The van der Waals surface area contributed by atoms with Gasteiger partial charge in [-0.2, -0.15) is 0 Å². The molecule has 0 unspecified atom stereocenters. The van der Waals surface area contributed by atoms with Crippen LogP contribution in [0.2, 0.25) is 5.02 Å². The number of hydrogen-bond donors (Lipinski definition) is 2. The zero-order chi connectivity index (χ0) is 16.8. The number of nitrogens with zero attached hydrogens (tertiary/aromatic N) is 2. The van der Waals surface area contributed by atoms with Gasteiger partial charge in [-0.1, -0.05) is 11.6 Å². The summed E-state index contributed by atoms with van der Waals surface area (Å²) < 4.78 is 0. The summed E-state index contributed by atoms with van der Waals surface area (Å²) in [7, 11) is 0. The van der Waals surface area contributed by atoms with Gasteiger partial charge >= 0.3 is 6.03 Å². The van der Waals surface area contributed by atoms with Crippen LogP contribution in [-0.4, -0.2) is 24.1 Å². The quantitative estimate of drug-likeness (QED) is 0.879. The van der Waals surface area contributed by atoms with Gasteiger partial charge in [0, 0.05) is 36.5 Å². The Bertz CT molecular complexity index is 684. The highest BCUT2D eigenvalue weighted by atomic mass is 35.5. The molecule has 1 saturated heterocycles. The molecular formula is C18H21ClN4O. The first kappa shape index (κ1) is 16.6. The molecule has 5 nitrogen and oxygen atoms in total. The number of carbonyl (C=O) groups is 1. The number of benzene rings is 1. The largest absolute Gasteiger partial charge is 0.357 e. The number of carbonyl (C=O) groups excluding carboxylic acids is 1. The Morgan fingerprint density at radius 3 is 2.62 bits per heavy atom. The van der Waals surface area contributed by atoms with Crippen molar-refractivity contribution in [2.24, 2.45) is 0 Å². The number of aromatic nitrogens is 1. The summed E-state index contributed by atoms with van der Waals surface area (Å²) in [5.74, 6) is 0.993. The fourth-order valence-electron chi connectivity index (χ4n) is 2.76. The van der Waals surface area contributed by atoms with Gasteiger partial charge in [0.25, 0.3) is 0 Å². The molecule has 1 aliphatic heterocycles. The molecule has 2 N–H and O–H groups in total. The molecule has 1 fully saturated rings. The average Bonchev–Trinajstić information content (AvgIpc) is 2.63. The van der Waals surface area contributed by atoms with Crippen molar-refractivity contribution in [2.45, 2.75) is 25.8 Å². The minimum Gasteiger partial charge on any atom is -0.357 e. The third kappa shape index (κ3) is 4.61. The molecule has 0 bridgehead atoms. The number of pyridine rings is 1. The van der Waals surface area contributed by atoms with Crippen LogP contribution in [0.15, 0.2) is 42.6 Å². The van der Waals surface area contributed by atoms with Gasteiger partial charge in [-0.15, -0.1) is 0 Å². The van der Waals surface area contributed by atoms with Crippen molar-refractivity contribution in [1.82, 2.24) is 10.3 Å². The number of piperidine rings is 1. The maximum absolute atomic E-state index is 12.0. The minimum absolute atomic E-state index is 0.242. The molecule has 0 spiro atoms. The number of urea groups is 1. The Hall–Kier alpha value is -2.27. The molecule has 2 aromatic rings. The third-order valence-electron chi connectivity index (χ3n) is 4.05. The normalized spacial score (nSPS) is 14.3. The van der Waals surface area contributed by atoms with Crippen LogP contribution in [0.1, 0.15) is 24.8 Å². The molecule has 24 heavy (non-hydrogen) atoms. The van der Waals surface area contributed by atoms with E-state index in [4.69, 9.17) is 11.6 Å². The first-order valence-corrected chi connectivity index (χ1v) is 8.59. The summed E-state index contributed by atoms with van der Waals surface area (Å²) in [6.45, 7) is 2.57. The number of rotatable bonds is 4. The molecule has 0 aliphatic carbocycles. The second-order valence-corrected chi connectivity index (χ2v) is 6.32. The van der Waals surface area contributed by atoms with Crippen LogP contribution in [0, 0.1) is 0 Å². The molecule has 0 saturated carbocycles. The zero-order valence-corrected chi connectivity index (χ0v) is 14.2. The van der Waals surface area contributed by atoms with E-state index in [1.807, 2.05) is 12.1 Å². The van der Waals surface area contributed by atoms with Crippen molar-refractivity contribution in [2.75, 3.05) is 23.3 Å². The number of amides is 2. The summed E-state index contributed by atoms with van der Waals surface area (Å²) in [5.41, 5.74) is 1.75. The van der Waals surface area contributed by atoms with Crippen LogP contribution in [-0.2, 0) is 6.54 Å². The summed E-state index contributed by atoms with van der Waals surface area (Å²) in [5, 5.41) is 6.29. The molecule has 2 amide bonds. The van der Waals surface area contributed by atoms with Gasteiger partial charge in [0.2, 0.25) is 0 Å². The smallest absolute Gasteiger partial charge is 0.319 e. The Morgan fingerprint density at radius 2 is 1.88 bits per heavy atom. The van der Waals surface area contributed by atoms with Gasteiger partial charge in [-0.3, -0.25) is 0 Å². The van der Waals surface area contributed by atoms with Crippen molar-refractivity contribution in [3.8, 4) is 0 Å². The monoisotopic (exact) mass is 344 g/mol. The molecule has 2 heterocycles. The lowest BCUT2D eigenvalue weighted by Crippen LogP contribution is -2.31. The second kappa shape index (κ2) is 8.02. The van der Waals surface area contributed by atoms with E-state index in [1.54, 1.807) is 30.5 Å². The molecule has 6 heteroatoms. The van der Waals surface area contributed by atoms with E-state index in [2.05, 4.69) is 20.5 Å². The van der Waals surface area contributed by atoms with E-state index in [-0.39, 0.29) is 6.03 Å². The van der Waals surface area contributed by atoms with Crippen LogP contribution in [0.3, 0.4) is 0 Å². The van der Waals surface area contributed by atoms with Crippen molar-refractivity contribution in [1.29, 1.82) is 0 Å². The highest BCUT2D eigenvalue weighted by molar-refractivity contribution is 6.30. The molecule has 1 aliphatic rings. The second-order valence-electron chi connectivity index (χ2n) is 5.88. The number of hydrogen-bond acceptors (Lipinski definition) is 3. The van der Waals surface area contributed by atoms with Crippen molar-refractivity contribution in [3.63, 3.8) is 0 Å². The Kier molecular flexibility index (Phi) is 5.54. The highest BCUT2D eigenvalue weighted by Crippen LogP contribution is 2.18. The molecule has 3 rings (SSSR count). The van der Waals surface area contributed by atoms with Gasteiger partial charge in [-0.25, -0.2) is 9.78 Å². The summed E-state index contributed by atoms with van der Waals surface area (Å²) in [6, 6.07) is 10.7. The lowest BCUT2D eigenvalue weighted by Gasteiger charge is -2.27. The SMILES string of the molecule is O=C(NCc1ccnc(N2CCCCC2)c1)Nc1ccc(Cl)cc1. The standard InChI is InChI=1S/C18H21ClN4O/c19-15-4-6-16(7-5-15)22-18(24)21-13-14-8-9-20-17(12-14)23-10-2-1-3-11-23/h4-9,12H,1-3,10-11,13H2,(H2,21,22,24). The van der Waals surface area contributed by atoms with Gasteiger partial charge in [0.05, 0.1) is 0 Å². The fourth-order valence-corrected chi connectivity index (χ4v) is 2.88. The van der Waals surface area contributed by atoms with Crippen LogP contribution < -0.4 is 15.5 Å². The number of halogens is 1. The number of anilines is 2. The van der Waals surface area contributed by atoms with Gasteiger partial charge in [-0.05, 0) is 61.2 Å². The van der Waals surface area contributed by atoms with Crippen LogP contribution in [0.25, 0.3) is 0 Å². The van der Waals surface area contributed by atoms with E-state index in [0.717, 1.165) is 24.5 Å². The van der Waals surface area contributed by atoms with Crippen molar-refractivity contribution >= 4 is 29.1 Å². The topological polar surface area (TPSA) is 57.3 Å². The van der Waals surface area contributed by atoms with Crippen molar-refractivity contribution in [3.05, 3.63) is 53.2 Å². The Balaban J connectivity index is 1.54. The Morgan fingerprint density at radius 1 is 1.12 bits per heavy atom. The van der Waals surface area contributed by atoms with Crippen LogP contribution in [0.5, 0.6) is 0 Å². The summed E-state index contributed by atoms with van der Waals surface area (Å²) >= 11 is 5.83. The van der Waals surface area contributed by atoms with E-state index in [0.29, 0.717) is 17.3 Å². The van der Waals surface area contributed by atoms with E-state index < -0.39 is 0 Å². The lowest BCUT2D eigenvalue weighted by atomic mass is 10.1. The molecule has 1 aromatic carbocycles. The zero-order valence-electron chi connectivity index (χ0n) is 13.5. The maximum atomic E-state index is 12.0. The first-order chi connectivity index (χ1) is 11.7. The van der Waals surface area contributed by atoms with Crippen LogP contribution >= 0.6 is 11.6 Å². The summed E-state index contributed by atoms with van der Waals surface area (Å²) in [4.78, 5) is 18.7. The van der Waals surface area contributed by atoms with Gasteiger partial charge in [0.1, 0.15) is 5.82 Å². The Labute approximate surface area is 147 Å². The summed E-state index contributed by atoms with van der Waals surface area (Å²) in [6.07, 6.45) is 5.53. The molecular weight excluding hydrogens is 324 g/mol. The predicted octanol–water partition coefficient (Wildman–Crippen LogP) is 4.05. The molecule has 1 aromatic heterocycles. The first-order valence-electron chi connectivity index (χ1n) is 8.21. The van der Waals surface area contributed by atoms with Gasteiger partial charge < -0.3 is 15.5 Å². The van der Waals surface area contributed by atoms with E-state index in [9.17, 15) is 4.79 Å². The predicted molar refractivity (Wildman–Crippen MR) is 97.6 cm³/mol. The average molecular weight is 345 g/mol. The maximum Gasteiger partial charge on any atom is 0.319 e. The van der Waals surface area contributed by atoms with Crippen LogP contribution in [0.4, 0.5) is 16.3 Å².